The first-order chi connectivity index (χ1) is 16.5. The summed E-state index contributed by atoms with van der Waals surface area (Å²) in [5.74, 6) is 0. The lowest BCUT2D eigenvalue weighted by Crippen LogP contribution is -2.67. The molecule has 0 radical (unpaired) electrons. The van der Waals surface area contributed by atoms with Crippen molar-refractivity contribution in [1.29, 1.82) is 5.26 Å². The number of likely N-dealkylation sites (tertiary alicyclic amines) is 1. The number of amides is 2. The van der Waals surface area contributed by atoms with Gasteiger partial charge >= 0.3 is 6.03 Å². The topological polar surface area (TPSA) is 104 Å². The molecule has 0 saturated carbocycles. The second-order valence-electron chi connectivity index (χ2n) is 8.86. The zero-order chi connectivity index (χ0) is 23.3. The zero-order valence-corrected chi connectivity index (χ0v) is 19.2. The fourth-order valence-corrected chi connectivity index (χ4v) is 5.45. The molecule has 0 unspecified atom stereocenters. The molecule has 6 rings (SSSR count). The Hall–Kier alpha value is -3.87. The van der Waals surface area contributed by atoms with Crippen LogP contribution < -0.4 is 5.32 Å². The first-order valence-corrected chi connectivity index (χ1v) is 11.7. The first-order valence-electron chi connectivity index (χ1n) is 10.9. The summed E-state index contributed by atoms with van der Waals surface area (Å²) in [6.45, 7) is 4.82. The van der Waals surface area contributed by atoms with Crippen LogP contribution in [0.15, 0.2) is 48.8 Å². The normalized spacial score (nSPS) is 16.1. The molecule has 8 nitrogen and oxygen atoms in total. The molecule has 2 saturated heterocycles. The minimum absolute atomic E-state index is 0.152. The predicted octanol–water partition coefficient (Wildman–Crippen LogP) is 4.46. The van der Waals surface area contributed by atoms with Crippen LogP contribution in [0.25, 0.3) is 32.6 Å². The molecule has 2 aromatic carbocycles. The maximum Gasteiger partial charge on any atom is 0.323 e. The summed E-state index contributed by atoms with van der Waals surface area (Å²) >= 11 is 1.42. The van der Waals surface area contributed by atoms with E-state index in [4.69, 9.17) is 9.72 Å². The van der Waals surface area contributed by atoms with E-state index in [-0.39, 0.29) is 11.4 Å². The zero-order valence-electron chi connectivity index (χ0n) is 18.4. The van der Waals surface area contributed by atoms with Crippen LogP contribution in [0.5, 0.6) is 0 Å². The Labute approximate surface area is 199 Å². The Bertz CT molecular complexity index is 1480. The van der Waals surface area contributed by atoms with E-state index in [1.54, 1.807) is 17.3 Å². The van der Waals surface area contributed by atoms with Crippen molar-refractivity contribution < 1.29 is 9.53 Å². The number of benzene rings is 2. The van der Waals surface area contributed by atoms with Crippen LogP contribution in [0, 0.1) is 23.7 Å². The number of fused-ring (bicyclic) bond motifs is 1. The fraction of sp³-hybridized carbons (Fsp3) is 0.240. The largest absolute Gasteiger partial charge is 0.380 e. The molecule has 1 N–H and O–H groups in total. The summed E-state index contributed by atoms with van der Waals surface area (Å²) in [5, 5.41) is 13.8. The number of nitrogens with one attached hydrogen (secondary N) is 1. The number of aryl methyl sites for hydroxylation is 1. The van der Waals surface area contributed by atoms with Gasteiger partial charge in [0.15, 0.2) is 5.13 Å². The van der Waals surface area contributed by atoms with Crippen molar-refractivity contribution in [3.8, 4) is 27.8 Å². The molecule has 4 aromatic rings. The second kappa shape index (κ2) is 7.87. The van der Waals surface area contributed by atoms with Gasteiger partial charge in [-0.05, 0) is 36.8 Å². The van der Waals surface area contributed by atoms with E-state index in [1.165, 1.54) is 11.3 Å². The number of rotatable bonds is 3. The number of aromatic nitrogens is 3. The highest BCUT2D eigenvalue weighted by molar-refractivity contribution is 7.19. The molecule has 0 atom stereocenters. The number of ether oxygens (including phenoxy) is 1. The molecule has 1 spiro atoms. The Balaban J connectivity index is 1.38. The lowest BCUT2D eigenvalue weighted by molar-refractivity contribution is -0.174. The second-order valence-corrected chi connectivity index (χ2v) is 9.86. The summed E-state index contributed by atoms with van der Waals surface area (Å²) in [7, 11) is 0. The highest BCUT2D eigenvalue weighted by Gasteiger charge is 2.50. The van der Waals surface area contributed by atoms with Crippen LogP contribution in [-0.4, -0.2) is 52.2 Å². The van der Waals surface area contributed by atoms with E-state index in [0.717, 1.165) is 51.5 Å². The third-order valence-corrected chi connectivity index (χ3v) is 7.38. The van der Waals surface area contributed by atoms with Gasteiger partial charge in [-0.15, -0.1) is 0 Å². The maximum absolute atomic E-state index is 12.8. The predicted molar refractivity (Wildman–Crippen MR) is 129 cm³/mol. The molecule has 0 aliphatic carbocycles. The van der Waals surface area contributed by atoms with Gasteiger partial charge in [0.1, 0.15) is 6.33 Å². The van der Waals surface area contributed by atoms with Crippen molar-refractivity contribution in [2.75, 3.05) is 31.6 Å². The summed E-state index contributed by atoms with van der Waals surface area (Å²) in [6.07, 6.45) is 1.56. The number of anilines is 1. The maximum atomic E-state index is 12.8. The van der Waals surface area contributed by atoms with Crippen LogP contribution in [0.1, 0.15) is 11.3 Å². The molecular weight excluding hydrogens is 448 g/mol. The lowest BCUT2D eigenvalue weighted by Gasteiger charge is -2.54. The van der Waals surface area contributed by atoms with Crippen molar-refractivity contribution in [3.05, 3.63) is 60.0 Å². The molecule has 34 heavy (non-hydrogen) atoms. The van der Waals surface area contributed by atoms with Crippen LogP contribution in [-0.2, 0) is 4.74 Å². The van der Waals surface area contributed by atoms with E-state index >= 15 is 0 Å². The van der Waals surface area contributed by atoms with Crippen LogP contribution in [0.3, 0.4) is 0 Å². The fourth-order valence-electron chi connectivity index (χ4n) is 4.48. The summed E-state index contributed by atoms with van der Waals surface area (Å²) in [6, 6.07) is 15.4. The monoisotopic (exact) mass is 468 g/mol. The number of nitriles is 1. The molecule has 168 valence electrons. The number of carbonyl (C=O) groups is 1. The summed E-state index contributed by atoms with van der Waals surface area (Å²) in [4.78, 5) is 29.0. The van der Waals surface area contributed by atoms with Gasteiger partial charge in [-0.1, -0.05) is 29.5 Å². The van der Waals surface area contributed by atoms with Crippen molar-refractivity contribution in [2.24, 2.45) is 5.41 Å². The third-order valence-electron chi connectivity index (χ3n) is 6.36. The average molecular weight is 469 g/mol. The molecule has 2 aliphatic heterocycles. The van der Waals surface area contributed by atoms with E-state index < -0.39 is 0 Å². The van der Waals surface area contributed by atoms with Crippen LogP contribution in [0.2, 0.25) is 0 Å². The molecule has 2 aliphatic rings. The average Bonchev–Trinajstić information content (AvgIpc) is 3.21. The Morgan fingerprint density at radius 3 is 2.79 bits per heavy atom. The molecule has 2 fully saturated rings. The standard InChI is InChI=1S/C25H20N6O2S/c1-15-19-8-18(5-6-20(19)28-14-27-15)22-21(17-4-2-3-16(7-17)9-26)29-23(34-22)30-24(32)31-10-25(11-31)12-33-13-25/h2-8,14H,10-13H2,1H3,(H,29,30,32). The third kappa shape index (κ3) is 3.48. The van der Waals surface area contributed by atoms with Crippen molar-refractivity contribution in [3.63, 3.8) is 0 Å². The highest BCUT2D eigenvalue weighted by Crippen LogP contribution is 2.41. The molecular formula is C25H20N6O2S. The Morgan fingerprint density at radius 1 is 1.18 bits per heavy atom. The van der Waals surface area contributed by atoms with Crippen molar-refractivity contribution in [1.82, 2.24) is 19.9 Å². The minimum atomic E-state index is -0.155. The van der Waals surface area contributed by atoms with Crippen molar-refractivity contribution >= 4 is 33.4 Å². The minimum Gasteiger partial charge on any atom is -0.380 e. The number of hydrogen-bond donors (Lipinski definition) is 1. The van der Waals surface area contributed by atoms with E-state index in [0.29, 0.717) is 23.8 Å². The van der Waals surface area contributed by atoms with Gasteiger partial charge in [-0.3, -0.25) is 5.32 Å². The number of urea groups is 1. The number of hydrogen-bond acceptors (Lipinski definition) is 7. The molecule has 4 heterocycles. The Kier molecular flexibility index (Phi) is 4.79. The SMILES string of the molecule is Cc1ncnc2ccc(-c3sc(NC(=O)N4CC5(COC5)C4)nc3-c3cccc(C#N)c3)cc12. The number of carbonyl (C=O) groups excluding carboxylic acids is 1. The summed E-state index contributed by atoms with van der Waals surface area (Å²) < 4.78 is 5.30. The molecule has 2 aromatic heterocycles. The smallest absolute Gasteiger partial charge is 0.323 e. The molecule has 0 bridgehead atoms. The van der Waals surface area contributed by atoms with Gasteiger partial charge in [-0.2, -0.15) is 5.26 Å². The molecule has 9 heteroatoms. The first kappa shape index (κ1) is 20.7. The molecule has 2 amide bonds. The van der Waals surface area contributed by atoms with Crippen molar-refractivity contribution in [2.45, 2.75) is 6.92 Å². The van der Waals surface area contributed by atoms with Gasteiger partial charge < -0.3 is 9.64 Å². The van der Waals surface area contributed by atoms with Gasteiger partial charge in [0.05, 0.1) is 46.3 Å². The highest BCUT2D eigenvalue weighted by atomic mass is 32.1. The number of thiazole rings is 1. The van der Waals surface area contributed by atoms with Gasteiger partial charge in [0.25, 0.3) is 0 Å². The van der Waals surface area contributed by atoms with Gasteiger partial charge in [-0.25, -0.2) is 19.7 Å². The lowest BCUT2D eigenvalue weighted by atomic mass is 9.78. The van der Waals surface area contributed by atoms with Crippen LogP contribution >= 0.6 is 11.3 Å². The van der Waals surface area contributed by atoms with Crippen LogP contribution in [0.4, 0.5) is 9.93 Å². The van der Waals surface area contributed by atoms with Gasteiger partial charge in [0, 0.05) is 29.7 Å². The van der Waals surface area contributed by atoms with E-state index in [9.17, 15) is 10.1 Å². The number of nitrogens with zero attached hydrogens (tertiary/aromatic N) is 5. The summed E-state index contributed by atoms with van der Waals surface area (Å²) in [5.41, 5.74) is 4.96. The van der Waals surface area contributed by atoms with Gasteiger partial charge in [0.2, 0.25) is 0 Å². The quantitative estimate of drug-likeness (QED) is 0.476. The van der Waals surface area contributed by atoms with E-state index in [2.05, 4.69) is 27.4 Å². The van der Waals surface area contributed by atoms with E-state index in [1.807, 2.05) is 37.3 Å². The Morgan fingerprint density at radius 2 is 2.03 bits per heavy atom.